The van der Waals surface area contributed by atoms with Crippen LogP contribution in [0.5, 0.6) is 0 Å². The highest BCUT2D eigenvalue weighted by Crippen LogP contribution is 2.12. The van der Waals surface area contributed by atoms with E-state index in [4.69, 9.17) is 4.74 Å². The van der Waals surface area contributed by atoms with E-state index in [0.717, 1.165) is 5.56 Å². The van der Waals surface area contributed by atoms with Gasteiger partial charge in [0, 0.05) is 13.0 Å². The van der Waals surface area contributed by atoms with Crippen LogP contribution >= 0.6 is 0 Å². The summed E-state index contributed by atoms with van der Waals surface area (Å²) in [7, 11) is -3.24. The zero-order chi connectivity index (χ0) is 16.0. The summed E-state index contributed by atoms with van der Waals surface area (Å²) < 4.78 is 28.1. The Morgan fingerprint density at radius 1 is 1.27 bits per heavy atom. The molecular weight excluding hydrogens is 306 g/mol. The van der Waals surface area contributed by atoms with Crippen LogP contribution in [0.4, 0.5) is 0 Å². The molecule has 2 atom stereocenters. The number of hydrogen-bond acceptors (Lipinski definition) is 5. The third-order valence-corrected chi connectivity index (χ3v) is 5.19. The van der Waals surface area contributed by atoms with Crippen LogP contribution < -0.4 is 5.32 Å². The lowest BCUT2D eigenvalue weighted by molar-refractivity contribution is -0.122. The van der Waals surface area contributed by atoms with Crippen LogP contribution in [0.25, 0.3) is 0 Å². The number of benzene rings is 1. The van der Waals surface area contributed by atoms with Crippen LogP contribution in [0.1, 0.15) is 18.4 Å². The van der Waals surface area contributed by atoms with Crippen molar-refractivity contribution >= 4 is 15.7 Å². The van der Waals surface area contributed by atoms with E-state index in [-0.39, 0.29) is 23.8 Å². The maximum Gasteiger partial charge on any atom is 0.220 e. The Hall–Kier alpha value is -1.44. The number of ether oxygens (including phenoxy) is 1. The van der Waals surface area contributed by atoms with Crippen molar-refractivity contribution in [3.05, 3.63) is 35.9 Å². The normalized spacial score (nSPS) is 23.3. The number of hydrogen-bond donors (Lipinski definition) is 2. The molecule has 0 aliphatic carbocycles. The third kappa shape index (κ3) is 5.40. The smallest absolute Gasteiger partial charge is 0.220 e. The molecule has 0 unspecified atom stereocenters. The molecule has 0 spiro atoms. The Morgan fingerprint density at radius 3 is 2.64 bits per heavy atom. The fourth-order valence-electron chi connectivity index (χ4n) is 2.34. The Kier molecular flexibility index (Phi) is 5.93. The molecule has 1 heterocycles. The van der Waals surface area contributed by atoms with E-state index >= 15 is 0 Å². The van der Waals surface area contributed by atoms with Crippen molar-refractivity contribution in [1.82, 2.24) is 5.32 Å². The summed E-state index contributed by atoms with van der Waals surface area (Å²) in [5, 5.41) is 12.2. The summed E-state index contributed by atoms with van der Waals surface area (Å²) in [4.78, 5) is 11.7. The number of carbonyl (C=O) groups excluding carboxylic acids is 1. The van der Waals surface area contributed by atoms with E-state index in [2.05, 4.69) is 5.32 Å². The molecular formula is C15H21NO5S. The SMILES string of the molecule is O=C(CCCOCc1ccccc1)N[C@@H]1CS(=O)(=O)C[C@H]1O. The fraction of sp³-hybridized carbons (Fsp3) is 0.533. The minimum atomic E-state index is -3.24. The Bertz CT molecular complexity index is 587. The van der Waals surface area contributed by atoms with Gasteiger partial charge < -0.3 is 15.2 Å². The predicted octanol–water partition coefficient (Wildman–Crippen LogP) is 0.258. The summed E-state index contributed by atoms with van der Waals surface area (Å²) in [5.74, 6) is -0.729. The van der Waals surface area contributed by atoms with Crippen molar-refractivity contribution in [2.75, 3.05) is 18.1 Å². The van der Waals surface area contributed by atoms with Gasteiger partial charge in [-0.05, 0) is 12.0 Å². The molecule has 1 amide bonds. The van der Waals surface area contributed by atoms with Gasteiger partial charge in [-0.25, -0.2) is 8.42 Å². The van der Waals surface area contributed by atoms with E-state index in [1.54, 1.807) is 0 Å². The fourth-order valence-corrected chi connectivity index (χ4v) is 4.09. The van der Waals surface area contributed by atoms with Gasteiger partial charge in [-0.15, -0.1) is 0 Å². The number of nitrogens with one attached hydrogen (secondary N) is 1. The summed E-state index contributed by atoms with van der Waals surface area (Å²) in [6.07, 6.45) is -0.213. The van der Waals surface area contributed by atoms with E-state index in [1.807, 2.05) is 30.3 Å². The molecule has 2 N–H and O–H groups in total. The summed E-state index contributed by atoms with van der Waals surface area (Å²) in [6, 6.07) is 9.05. The number of sulfone groups is 1. The van der Waals surface area contributed by atoms with Crippen LogP contribution in [-0.2, 0) is 26.0 Å². The Labute approximate surface area is 130 Å². The molecule has 1 aliphatic rings. The minimum absolute atomic E-state index is 0.190. The lowest BCUT2D eigenvalue weighted by Crippen LogP contribution is -2.42. The number of amides is 1. The van der Waals surface area contributed by atoms with Gasteiger partial charge in [-0.2, -0.15) is 0 Å². The van der Waals surface area contributed by atoms with E-state index in [0.29, 0.717) is 19.6 Å². The van der Waals surface area contributed by atoms with E-state index in [9.17, 15) is 18.3 Å². The highest BCUT2D eigenvalue weighted by atomic mass is 32.2. The highest BCUT2D eigenvalue weighted by molar-refractivity contribution is 7.91. The van der Waals surface area contributed by atoms with Gasteiger partial charge in [-0.3, -0.25) is 4.79 Å². The lowest BCUT2D eigenvalue weighted by atomic mass is 10.2. The first-order valence-electron chi connectivity index (χ1n) is 7.26. The maximum absolute atomic E-state index is 11.7. The van der Waals surface area contributed by atoms with E-state index in [1.165, 1.54) is 0 Å². The minimum Gasteiger partial charge on any atom is -0.390 e. The molecule has 7 heteroatoms. The molecule has 0 saturated carbocycles. The molecule has 122 valence electrons. The van der Waals surface area contributed by atoms with Crippen molar-refractivity contribution in [2.24, 2.45) is 0 Å². The number of aliphatic hydroxyl groups is 1. The summed E-state index contributed by atoms with van der Waals surface area (Å²) in [6.45, 7) is 0.954. The summed E-state index contributed by atoms with van der Waals surface area (Å²) >= 11 is 0. The Morgan fingerprint density at radius 2 is 2.00 bits per heavy atom. The maximum atomic E-state index is 11.7. The highest BCUT2D eigenvalue weighted by Gasteiger charge is 2.37. The molecule has 1 saturated heterocycles. The Balaban J connectivity index is 1.60. The van der Waals surface area contributed by atoms with Crippen LogP contribution in [0.3, 0.4) is 0 Å². The van der Waals surface area contributed by atoms with Crippen molar-refractivity contribution < 1.29 is 23.1 Å². The lowest BCUT2D eigenvalue weighted by Gasteiger charge is -2.14. The van der Waals surface area contributed by atoms with Gasteiger partial charge >= 0.3 is 0 Å². The van der Waals surface area contributed by atoms with Crippen molar-refractivity contribution in [2.45, 2.75) is 31.6 Å². The second-order valence-corrected chi connectivity index (χ2v) is 7.61. The molecule has 0 bridgehead atoms. The number of rotatable bonds is 7. The zero-order valence-electron chi connectivity index (χ0n) is 12.3. The molecule has 1 aliphatic heterocycles. The van der Waals surface area contributed by atoms with Crippen molar-refractivity contribution in [1.29, 1.82) is 0 Å². The van der Waals surface area contributed by atoms with E-state index < -0.39 is 22.0 Å². The average molecular weight is 327 g/mol. The van der Waals surface area contributed by atoms with Gasteiger partial charge in [0.2, 0.25) is 5.91 Å². The molecule has 1 aromatic rings. The van der Waals surface area contributed by atoms with Crippen LogP contribution in [0.2, 0.25) is 0 Å². The largest absolute Gasteiger partial charge is 0.390 e. The standard InChI is InChI=1S/C15H21NO5S/c17-14-11-22(19,20)10-13(14)16-15(18)7-4-8-21-9-12-5-2-1-3-6-12/h1-3,5-6,13-14,17H,4,7-11H2,(H,16,18)/t13-,14-/m1/s1. The van der Waals surface area contributed by atoms with Crippen molar-refractivity contribution in [3.8, 4) is 0 Å². The zero-order valence-corrected chi connectivity index (χ0v) is 13.1. The monoisotopic (exact) mass is 327 g/mol. The van der Waals surface area contributed by atoms with Gasteiger partial charge in [0.1, 0.15) is 0 Å². The second-order valence-electron chi connectivity index (χ2n) is 5.46. The molecule has 22 heavy (non-hydrogen) atoms. The number of carbonyl (C=O) groups is 1. The molecule has 6 nitrogen and oxygen atoms in total. The first-order chi connectivity index (χ1) is 10.5. The van der Waals surface area contributed by atoms with Crippen LogP contribution in [0.15, 0.2) is 30.3 Å². The molecule has 1 aromatic carbocycles. The van der Waals surface area contributed by atoms with Crippen LogP contribution in [0, 0.1) is 0 Å². The topological polar surface area (TPSA) is 92.7 Å². The summed E-state index contributed by atoms with van der Waals surface area (Å²) in [5.41, 5.74) is 1.08. The molecule has 0 radical (unpaired) electrons. The van der Waals surface area contributed by atoms with Crippen LogP contribution in [-0.4, -0.2) is 49.7 Å². The molecule has 2 rings (SSSR count). The number of aliphatic hydroxyl groups excluding tert-OH is 1. The van der Waals surface area contributed by atoms with Gasteiger partial charge in [0.25, 0.3) is 0 Å². The second kappa shape index (κ2) is 7.71. The van der Waals surface area contributed by atoms with Crippen molar-refractivity contribution in [3.63, 3.8) is 0 Å². The van der Waals surface area contributed by atoms with Gasteiger partial charge in [0.05, 0.1) is 30.3 Å². The first kappa shape index (κ1) is 16.9. The third-order valence-electron chi connectivity index (χ3n) is 3.47. The predicted molar refractivity (Wildman–Crippen MR) is 81.9 cm³/mol. The van der Waals surface area contributed by atoms with Gasteiger partial charge in [-0.1, -0.05) is 30.3 Å². The molecule has 1 fully saturated rings. The first-order valence-corrected chi connectivity index (χ1v) is 9.08. The van der Waals surface area contributed by atoms with Gasteiger partial charge in [0.15, 0.2) is 9.84 Å². The quantitative estimate of drug-likeness (QED) is 0.701. The average Bonchev–Trinajstić information content (AvgIpc) is 2.72. The molecule has 0 aromatic heterocycles.